The van der Waals surface area contributed by atoms with E-state index in [1.807, 2.05) is 44.2 Å². The van der Waals surface area contributed by atoms with Crippen molar-refractivity contribution in [3.8, 4) is 0 Å². The monoisotopic (exact) mass is 377 g/mol. The summed E-state index contributed by atoms with van der Waals surface area (Å²) < 4.78 is 0. The van der Waals surface area contributed by atoms with Crippen LogP contribution in [0.2, 0.25) is 0 Å². The molecule has 2 aromatic carbocycles. The number of carbonyl (C=O) groups excluding carboxylic acids is 2. The van der Waals surface area contributed by atoms with Crippen molar-refractivity contribution in [1.29, 1.82) is 0 Å². The zero-order valence-electron chi connectivity index (χ0n) is 15.0. The Balaban J connectivity index is 1.58. The minimum Gasteiger partial charge on any atom is -0.322 e. The Labute approximate surface area is 161 Å². The van der Waals surface area contributed by atoms with Gasteiger partial charge in [0.2, 0.25) is 0 Å². The van der Waals surface area contributed by atoms with Crippen LogP contribution in [-0.2, 0) is 0 Å². The summed E-state index contributed by atoms with van der Waals surface area (Å²) in [5.74, 6) is -0.497. The van der Waals surface area contributed by atoms with Gasteiger partial charge in [0.25, 0.3) is 11.8 Å². The van der Waals surface area contributed by atoms with Gasteiger partial charge in [0, 0.05) is 26.6 Å². The summed E-state index contributed by atoms with van der Waals surface area (Å²) in [6.45, 7) is 3.95. The molecule has 0 aliphatic heterocycles. The number of anilines is 1. The summed E-state index contributed by atoms with van der Waals surface area (Å²) in [6.07, 6.45) is 1.62. The first-order chi connectivity index (χ1) is 13.0. The van der Waals surface area contributed by atoms with Crippen LogP contribution in [0.3, 0.4) is 0 Å². The molecule has 1 heterocycles. The normalized spacial score (nSPS) is 10.7. The molecule has 0 aliphatic rings. The standard InChI is InChI=1S/C21H19N3O2S/c1-14-4-3-5-17(12-14)20(25)23-18-9-7-16(8-10-18)21(26)24-22-13-19-11-6-15(2)27-19/h3-13H,1-2H3,(H,23,25)(H,24,26)/b22-13+. The highest BCUT2D eigenvalue weighted by atomic mass is 32.1. The molecule has 5 nitrogen and oxygen atoms in total. The second kappa shape index (κ2) is 8.42. The number of amides is 2. The molecule has 0 radical (unpaired) electrons. The van der Waals surface area contributed by atoms with Gasteiger partial charge in [-0.3, -0.25) is 9.59 Å². The molecule has 0 bridgehead atoms. The fourth-order valence-corrected chi connectivity index (χ4v) is 3.19. The zero-order valence-corrected chi connectivity index (χ0v) is 15.8. The van der Waals surface area contributed by atoms with E-state index < -0.39 is 0 Å². The van der Waals surface area contributed by atoms with Gasteiger partial charge < -0.3 is 5.32 Å². The summed E-state index contributed by atoms with van der Waals surface area (Å²) in [4.78, 5) is 26.5. The van der Waals surface area contributed by atoms with E-state index in [2.05, 4.69) is 15.8 Å². The van der Waals surface area contributed by atoms with Gasteiger partial charge in [0.1, 0.15) is 0 Å². The van der Waals surface area contributed by atoms with Crippen LogP contribution < -0.4 is 10.7 Å². The van der Waals surface area contributed by atoms with Gasteiger partial charge >= 0.3 is 0 Å². The predicted octanol–water partition coefficient (Wildman–Crippen LogP) is 4.38. The van der Waals surface area contributed by atoms with Crippen molar-refractivity contribution in [2.75, 3.05) is 5.32 Å². The second-order valence-electron chi connectivity index (χ2n) is 6.05. The molecule has 3 rings (SSSR count). The molecule has 27 heavy (non-hydrogen) atoms. The second-order valence-corrected chi connectivity index (χ2v) is 7.37. The van der Waals surface area contributed by atoms with E-state index in [4.69, 9.17) is 0 Å². The molecular weight excluding hydrogens is 358 g/mol. The van der Waals surface area contributed by atoms with Crippen LogP contribution in [0.1, 0.15) is 36.0 Å². The number of rotatable bonds is 5. The Morgan fingerprint density at radius 3 is 2.37 bits per heavy atom. The molecule has 0 saturated heterocycles. The summed E-state index contributed by atoms with van der Waals surface area (Å²) in [7, 11) is 0. The number of hydrogen-bond acceptors (Lipinski definition) is 4. The summed E-state index contributed by atoms with van der Waals surface area (Å²) in [6, 6.07) is 18.0. The molecule has 0 aliphatic carbocycles. The fraction of sp³-hybridized carbons (Fsp3) is 0.0952. The SMILES string of the molecule is Cc1cccc(C(=O)Nc2ccc(C(=O)N/N=C/c3ccc(C)s3)cc2)c1. The van der Waals surface area contributed by atoms with Crippen LogP contribution in [-0.4, -0.2) is 18.0 Å². The van der Waals surface area contributed by atoms with Gasteiger partial charge in [-0.1, -0.05) is 17.7 Å². The smallest absolute Gasteiger partial charge is 0.271 e. The van der Waals surface area contributed by atoms with Crippen molar-refractivity contribution in [2.45, 2.75) is 13.8 Å². The molecule has 1 aromatic heterocycles. The molecule has 0 unspecified atom stereocenters. The Hall–Kier alpha value is -3.25. The number of carbonyl (C=O) groups is 2. The number of hydrazone groups is 1. The van der Waals surface area contributed by atoms with Crippen LogP contribution in [0.4, 0.5) is 5.69 Å². The molecule has 0 fully saturated rings. The van der Waals surface area contributed by atoms with Gasteiger partial charge in [0.15, 0.2) is 0 Å². The highest BCUT2D eigenvalue weighted by Crippen LogP contribution is 2.13. The number of benzene rings is 2. The Morgan fingerprint density at radius 2 is 1.70 bits per heavy atom. The molecule has 0 spiro atoms. The Bertz CT molecular complexity index is 991. The van der Waals surface area contributed by atoms with Gasteiger partial charge in [-0.25, -0.2) is 5.43 Å². The highest BCUT2D eigenvalue weighted by Gasteiger charge is 2.08. The highest BCUT2D eigenvalue weighted by molar-refractivity contribution is 7.13. The minimum atomic E-state index is -0.309. The van der Waals surface area contributed by atoms with Gasteiger partial charge in [0.05, 0.1) is 6.21 Å². The lowest BCUT2D eigenvalue weighted by atomic mass is 10.1. The van der Waals surface area contributed by atoms with Crippen molar-refractivity contribution in [3.05, 3.63) is 87.1 Å². The van der Waals surface area contributed by atoms with Crippen molar-refractivity contribution in [2.24, 2.45) is 5.10 Å². The average Bonchev–Trinajstić information content (AvgIpc) is 3.07. The van der Waals surface area contributed by atoms with Crippen LogP contribution in [0.15, 0.2) is 65.8 Å². The van der Waals surface area contributed by atoms with Crippen LogP contribution in [0, 0.1) is 13.8 Å². The third kappa shape index (κ3) is 5.12. The molecule has 3 aromatic rings. The molecule has 6 heteroatoms. The quantitative estimate of drug-likeness (QED) is 0.512. The topological polar surface area (TPSA) is 70.6 Å². The first kappa shape index (κ1) is 18.5. The molecule has 2 amide bonds. The van der Waals surface area contributed by atoms with Crippen molar-refractivity contribution in [1.82, 2.24) is 5.43 Å². The molecule has 0 atom stereocenters. The molecule has 2 N–H and O–H groups in total. The van der Waals surface area contributed by atoms with E-state index in [0.29, 0.717) is 16.8 Å². The van der Waals surface area contributed by atoms with Crippen molar-refractivity contribution < 1.29 is 9.59 Å². The van der Waals surface area contributed by atoms with Crippen LogP contribution >= 0.6 is 11.3 Å². The first-order valence-electron chi connectivity index (χ1n) is 8.39. The number of nitrogens with zero attached hydrogens (tertiary/aromatic N) is 1. The lowest BCUT2D eigenvalue weighted by Gasteiger charge is -2.07. The Kier molecular flexibility index (Phi) is 5.78. The third-order valence-corrected chi connectivity index (χ3v) is 4.74. The molecular formula is C21H19N3O2S. The van der Waals surface area contributed by atoms with Crippen LogP contribution in [0.25, 0.3) is 0 Å². The maximum absolute atomic E-state index is 12.3. The number of nitrogens with one attached hydrogen (secondary N) is 2. The maximum atomic E-state index is 12.3. The minimum absolute atomic E-state index is 0.188. The predicted molar refractivity (Wildman–Crippen MR) is 110 cm³/mol. The van der Waals surface area contributed by atoms with E-state index in [1.165, 1.54) is 4.88 Å². The van der Waals surface area contributed by atoms with E-state index >= 15 is 0 Å². The van der Waals surface area contributed by atoms with Gasteiger partial charge in [-0.2, -0.15) is 5.10 Å². The lowest BCUT2D eigenvalue weighted by Crippen LogP contribution is -2.17. The number of aryl methyl sites for hydroxylation is 2. The first-order valence-corrected chi connectivity index (χ1v) is 9.21. The van der Waals surface area contributed by atoms with E-state index in [-0.39, 0.29) is 11.8 Å². The Morgan fingerprint density at radius 1 is 0.926 bits per heavy atom. The fourth-order valence-electron chi connectivity index (χ4n) is 2.44. The van der Waals surface area contributed by atoms with Gasteiger partial charge in [-0.15, -0.1) is 11.3 Å². The van der Waals surface area contributed by atoms with Gasteiger partial charge in [-0.05, 0) is 62.4 Å². The zero-order chi connectivity index (χ0) is 19.2. The van der Waals surface area contributed by atoms with E-state index in [0.717, 1.165) is 10.4 Å². The van der Waals surface area contributed by atoms with E-state index in [1.54, 1.807) is 47.9 Å². The summed E-state index contributed by atoms with van der Waals surface area (Å²) in [5, 5.41) is 6.79. The third-order valence-electron chi connectivity index (χ3n) is 3.80. The molecule has 136 valence electrons. The lowest BCUT2D eigenvalue weighted by molar-refractivity contribution is 0.0954. The number of thiophene rings is 1. The maximum Gasteiger partial charge on any atom is 0.271 e. The van der Waals surface area contributed by atoms with Crippen molar-refractivity contribution in [3.63, 3.8) is 0 Å². The van der Waals surface area contributed by atoms with E-state index in [9.17, 15) is 9.59 Å². The van der Waals surface area contributed by atoms with Crippen LogP contribution in [0.5, 0.6) is 0 Å². The number of hydrogen-bond donors (Lipinski definition) is 2. The molecule has 0 saturated carbocycles. The largest absolute Gasteiger partial charge is 0.322 e. The summed E-state index contributed by atoms with van der Waals surface area (Å²) >= 11 is 1.60. The average molecular weight is 377 g/mol. The van der Waals surface area contributed by atoms with Crippen molar-refractivity contribution >= 4 is 35.1 Å². The summed E-state index contributed by atoms with van der Waals surface area (Å²) in [5.41, 5.74) is 5.19.